The molecule has 0 aliphatic carbocycles. The van der Waals surface area contributed by atoms with Crippen LogP contribution in [0.3, 0.4) is 0 Å². The highest BCUT2D eigenvalue weighted by molar-refractivity contribution is 5.82. The molecule has 2 aromatic rings. The number of phenolic OH excluding ortho intramolecular Hbond substituents is 1. The summed E-state index contributed by atoms with van der Waals surface area (Å²) in [5.74, 6) is 0.926. The summed E-state index contributed by atoms with van der Waals surface area (Å²) in [5, 5.41) is 18.1. The van der Waals surface area contributed by atoms with Gasteiger partial charge in [-0.2, -0.15) is 0 Å². The minimum atomic E-state index is 0.279. The molecule has 1 fully saturated rings. The molecule has 0 saturated carbocycles. The zero-order valence-corrected chi connectivity index (χ0v) is 22.5. The second-order valence-corrected chi connectivity index (χ2v) is 9.23. The van der Waals surface area contributed by atoms with Gasteiger partial charge < -0.3 is 15.1 Å². The van der Waals surface area contributed by atoms with Gasteiger partial charge in [0.05, 0.1) is 0 Å². The molecule has 2 N–H and O–H groups in total. The van der Waals surface area contributed by atoms with Crippen LogP contribution in [0.25, 0.3) is 5.57 Å². The SMILES string of the molecule is C=C/C=C(\C=C/CC)/C=C(\c1ccc(C2CCN(CC)CC2)cc1)c1cccc(O)c1.CCCCO. The highest BCUT2D eigenvalue weighted by Gasteiger charge is 2.19. The van der Waals surface area contributed by atoms with Crippen molar-refractivity contribution in [2.75, 3.05) is 26.2 Å². The molecule has 3 rings (SSSR count). The van der Waals surface area contributed by atoms with Gasteiger partial charge in [0.25, 0.3) is 0 Å². The van der Waals surface area contributed by atoms with Crippen LogP contribution in [-0.2, 0) is 0 Å². The molecule has 0 bridgehead atoms. The summed E-state index contributed by atoms with van der Waals surface area (Å²) in [6, 6.07) is 16.5. The van der Waals surface area contributed by atoms with E-state index in [0.717, 1.165) is 48.1 Å². The van der Waals surface area contributed by atoms with E-state index in [1.54, 1.807) is 6.07 Å². The van der Waals surface area contributed by atoms with E-state index >= 15 is 0 Å². The number of rotatable bonds is 10. The minimum absolute atomic E-state index is 0.279. The van der Waals surface area contributed by atoms with Gasteiger partial charge in [-0.25, -0.2) is 0 Å². The Bertz CT molecular complexity index is 991. The Kier molecular flexibility index (Phi) is 13.6. The summed E-state index contributed by atoms with van der Waals surface area (Å²) < 4.78 is 0. The van der Waals surface area contributed by atoms with Crippen LogP contribution in [0.1, 0.15) is 75.5 Å². The van der Waals surface area contributed by atoms with Crippen molar-refractivity contribution >= 4 is 5.57 Å². The topological polar surface area (TPSA) is 43.7 Å². The molecule has 0 unspecified atom stereocenters. The smallest absolute Gasteiger partial charge is 0.116 e. The van der Waals surface area contributed by atoms with Gasteiger partial charge in [-0.3, -0.25) is 0 Å². The number of benzene rings is 2. The van der Waals surface area contributed by atoms with E-state index in [-0.39, 0.29) is 5.75 Å². The average Bonchev–Trinajstić information content (AvgIpc) is 2.91. The predicted molar refractivity (Wildman–Crippen MR) is 155 cm³/mol. The van der Waals surface area contributed by atoms with Gasteiger partial charge in [0.1, 0.15) is 5.75 Å². The molecule has 1 saturated heterocycles. The third kappa shape index (κ3) is 9.64. The van der Waals surface area contributed by atoms with Gasteiger partial charge in [-0.1, -0.05) is 94.5 Å². The van der Waals surface area contributed by atoms with Gasteiger partial charge in [0.15, 0.2) is 0 Å². The van der Waals surface area contributed by atoms with Crippen LogP contribution in [0.5, 0.6) is 5.75 Å². The average molecular weight is 488 g/mol. The summed E-state index contributed by atoms with van der Waals surface area (Å²) in [6.07, 6.45) is 15.8. The molecule has 2 aromatic carbocycles. The van der Waals surface area contributed by atoms with Crippen LogP contribution in [0.4, 0.5) is 0 Å². The highest BCUT2D eigenvalue weighted by atomic mass is 16.3. The van der Waals surface area contributed by atoms with Crippen LogP contribution >= 0.6 is 0 Å². The van der Waals surface area contributed by atoms with Crippen molar-refractivity contribution in [3.05, 3.63) is 108 Å². The number of aromatic hydroxyl groups is 1. The lowest BCUT2D eigenvalue weighted by Crippen LogP contribution is -2.32. The maximum absolute atomic E-state index is 10.1. The zero-order valence-electron chi connectivity index (χ0n) is 22.5. The van der Waals surface area contributed by atoms with E-state index in [4.69, 9.17) is 5.11 Å². The summed E-state index contributed by atoms with van der Waals surface area (Å²) in [4.78, 5) is 2.53. The Morgan fingerprint density at radius 1 is 1.03 bits per heavy atom. The van der Waals surface area contributed by atoms with Crippen molar-refractivity contribution in [1.82, 2.24) is 4.90 Å². The molecule has 1 aliphatic rings. The minimum Gasteiger partial charge on any atom is -0.508 e. The van der Waals surface area contributed by atoms with Crippen molar-refractivity contribution in [1.29, 1.82) is 0 Å². The number of hydrogen-bond donors (Lipinski definition) is 2. The molecule has 3 nitrogen and oxygen atoms in total. The first-order valence-corrected chi connectivity index (χ1v) is 13.5. The number of aliphatic hydroxyl groups excluding tert-OH is 1. The van der Waals surface area contributed by atoms with E-state index in [9.17, 15) is 5.11 Å². The number of aliphatic hydroxyl groups is 1. The monoisotopic (exact) mass is 487 g/mol. The fourth-order valence-electron chi connectivity index (χ4n) is 4.39. The molecule has 1 heterocycles. The lowest BCUT2D eigenvalue weighted by molar-refractivity contribution is 0.222. The Labute approximate surface area is 219 Å². The normalized spacial score (nSPS) is 15.6. The van der Waals surface area contributed by atoms with Crippen LogP contribution in [0.2, 0.25) is 0 Å². The van der Waals surface area contributed by atoms with E-state index in [1.165, 1.54) is 31.5 Å². The van der Waals surface area contributed by atoms with Crippen LogP contribution < -0.4 is 0 Å². The number of nitrogens with zero attached hydrogens (tertiary/aromatic N) is 1. The molecule has 0 spiro atoms. The number of hydrogen-bond acceptors (Lipinski definition) is 3. The van der Waals surface area contributed by atoms with Crippen molar-refractivity contribution < 1.29 is 10.2 Å². The molecular weight excluding hydrogens is 442 g/mol. The van der Waals surface area contributed by atoms with Crippen LogP contribution in [0.15, 0.2) is 91.1 Å². The van der Waals surface area contributed by atoms with Crippen LogP contribution in [0, 0.1) is 0 Å². The fourth-order valence-corrected chi connectivity index (χ4v) is 4.39. The standard InChI is InChI=1S/C29H35NO.C4H10O/c1-4-7-10-23(9-5-2)21-29(27-11-8-12-28(31)22-27)26-15-13-24(14-16-26)25-17-19-30(6-3)20-18-25;1-2-3-4-5/h5,7-16,21-22,25,31H,2,4,6,17-20H2,1,3H3;5H,2-4H2,1H3/b10-7-,23-9+,29-21+;. The summed E-state index contributed by atoms with van der Waals surface area (Å²) in [5.41, 5.74) is 5.77. The Morgan fingerprint density at radius 3 is 2.28 bits per heavy atom. The van der Waals surface area contributed by atoms with E-state index < -0.39 is 0 Å². The maximum Gasteiger partial charge on any atom is 0.116 e. The Balaban J connectivity index is 0.000000830. The van der Waals surface area contributed by atoms with Crippen molar-refractivity contribution in [2.24, 2.45) is 0 Å². The molecular formula is C33H45NO2. The first-order valence-electron chi connectivity index (χ1n) is 13.5. The third-order valence-corrected chi connectivity index (χ3v) is 6.56. The van der Waals surface area contributed by atoms with Gasteiger partial charge in [0, 0.05) is 6.61 Å². The first kappa shape index (κ1) is 29.4. The molecule has 36 heavy (non-hydrogen) atoms. The number of allylic oxidation sites excluding steroid dienone is 6. The number of likely N-dealkylation sites (tertiary alicyclic amines) is 1. The molecule has 194 valence electrons. The van der Waals surface area contributed by atoms with Gasteiger partial charge in [0.2, 0.25) is 0 Å². The van der Waals surface area contributed by atoms with Gasteiger partial charge in [-0.05, 0) is 97.3 Å². The lowest BCUT2D eigenvalue weighted by atomic mass is 9.87. The lowest BCUT2D eigenvalue weighted by Gasteiger charge is -2.31. The number of phenols is 1. The van der Waals surface area contributed by atoms with Crippen molar-refractivity contribution in [3.63, 3.8) is 0 Å². The number of piperidine rings is 1. The molecule has 0 radical (unpaired) electrons. The Morgan fingerprint density at radius 2 is 1.75 bits per heavy atom. The van der Waals surface area contributed by atoms with Crippen molar-refractivity contribution in [2.45, 2.75) is 58.8 Å². The molecule has 0 aromatic heterocycles. The van der Waals surface area contributed by atoms with Crippen molar-refractivity contribution in [3.8, 4) is 5.75 Å². The van der Waals surface area contributed by atoms with Gasteiger partial charge in [-0.15, -0.1) is 0 Å². The second kappa shape index (κ2) is 16.7. The van der Waals surface area contributed by atoms with E-state index in [1.807, 2.05) is 24.3 Å². The molecule has 0 atom stereocenters. The zero-order chi connectivity index (χ0) is 26.2. The molecule has 1 aliphatic heterocycles. The molecule has 0 amide bonds. The molecule has 3 heteroatoms. The summed E-state index contributed by atoms with van der Waals surface area (Å²) in [7, 11) is 0. The van der Waals surface area contributed by atoms with E-state index in [2.05, 4.69) is 80.8 Å². The fraction of sp³-hybridized carbons (Fsp3) is 0.394. The Hall–Kier alpha value is -2.88. The van der Waals surface area contributed by atoms with Crippen LogP contribution in [-0.4, -0.2) is 41.4 Å². The quantitative estimate of drug-likeness (QED) is 0.335. The predicted octanol–water partition coefficient (Wildman–Crippen LogP) is 7.88. The largest absolute Gasteiger partial charge is 0.508 e. The summed E-state index contributed by atoms with van der Waals surface area (Å²) in [6.45, 7) is 14.2. The van der Waals surface area contributed by atoms with Gasteiger partial charge >= 0.3 is 0 Å². The summed E-state index contributed by atoms with van der Waals surface area (Å²) >= 11 is 0. The highest BCUT2D eigenvalue weighted by Crippen LogP contribution is 2.32. The third-order valence-electron chi connectivity index (χ3n) is 6.56. The maximum atomic E-state index is 10.1. The number of unbranched alkanes of at least 4 members (excludes halogenated alkanes) is 1. The second-order valence-electron chi connectivity index (χ2n) is 9.23. The van der Waals surface area contributed by atoms with E-state index in [0.29, 0.717) is 12.5 Å². The first-order chi connectivity index (χ1) is 17.6.